The van der Waals surface area contributed by atoms with Gasteiger partial charge in [0.05, 0.1) is 40.6 Å². The van der Waals surface area contributed by atoms with Crippen molar-refractivity contribution in [3.8, 4) is 6.07 Å². The van der Waals surface area contributed by atoms with Crippen LogP contribution >= 0.6 is 0 Å². The lowest BCUT2D eigenvalue weighted by molar-refractivity contribution is 0.176. The zero-order valence-corrected chi connectivity index (χ0v) is 15.9. The molecule has 2 aromatic carbocycles. The van der Waals surface area contributed by atoms with Crippen LogP contribution in [0.1, 0.15) is 11.4 Å². The second-order valence-corrected chi connectivity index (χ2v) is 7.94. The fraction of sp³-hybridized carbons (Fsp3) is 0.211. The number of para-hydroxylation sites is 1. The summed E-state index contributed by atoms with van der Waals surface area (Å²) < 4.78 is 32.4. The van der Waals surface area contributed by atoms with Crippen molar-refractivity contribution in [2.75, 3.05) is 20.3 Å². The Hall–Kier alpha value is -3.06. The fourth-order valence-electron chi connectivity index (χ4n) is 2.73. The summed E-state index contributed by atoms with van der Waals surface area (Å²) in [5.74, 6) is 0.222. The van der Waals surface area contributed by atoms with Crippen LogP contribution in [0.4, 0.5) is 0 Å². The molecule has 1 N–H and O–H groups in total. The standard InChI is InChI=1S/C19H18N4O4S/c1-27-10-9-23(28(25,26)15-6-4-5-14(11-15)12-20)13-18-21-17-8-3-2-7-16(17)19(24)22-18/h2-8,11H,9-10,13H2,1H3,(H,21,22,24). The van der Waals surface area contributed by atoms with E-state index in [4.69, 9.17) is 10.00 Å². The van der Waals surface area contributed by atoms with Crippen molar-refractivity contribution in [1.29, 1.82) is 5.26 Å². The van der Waals surface area contributed by atoms with Crippen LogP contribution in [0.25, 0.3) is 10.9 Å². The van der Waals surface area contributed by atoms with Gasteiger partial charge in [-0.05, 0) is 30.3 Å². The highest BCUT2D eigenvalue weighted by molar-refractivity contribution is 7.89. The highest BCUT2D eigenvalue weighted by Gasteiger charge is 2.25. The molecule has 0 aliphatic carbocycles. The molecule has 1 aromatic heterocycles. The Kier molecular flexibility index (Phi) is 5.84. The number of nitrogens with zero attached hydrogens (tertiary/aromatic N) is 3. The molecule has 0 saturated carbocycles. The van der Waals surface area contributed by atoms with Gasteiger partial charge in [0, 0.05) is 13.7 Å². The van der Waals surface area contributed by atoms with Gasteiger partial charge in [-0.2, -0.15) is 9.57 Å². The molecular formula is C19H18N4O4S. The molecule has 0 fully saturated rings. The minimum atomic E-state index is -3.93. The third kappa shape index (κ3) is 4.09. The molecule has 0 saturated heterocycles. The van der Waals surface area contributed by atoms with Crippen molar-refractivity contribution in [3.63, 3.8) is 0 Å². The summed E-state index contributed by atoms with van der Waals surface area (Å²) in [5, 5.41) is 9.48. The van der Waals surface area contributed by atoms with E-state index in [-0.39, 0.29) is 41.5 Å². The van der Waals surface area contributed by atoms with E-state index < -0.39 is 10.0 Å². The van der Waals surface area contributed by atoms with Gasteiger partial charge in [0.25, 0.3) is 5.56 Å². The zero-order valence-electron chi connectivity index (χ0n) is 15.1. The van der Waals surface area contributed by atoms with E-state index in [2.05, 4.69) is 9.97 Å². The molecule has 3 rings (SSSR count). The van der Waals surface area contributed by atoms with E-state index in [1.165, 1.54) is 35.7 Å². The van der Waals surface area contributed by atoms with Gasteiger partial charge < -0.3 is 9.72 Å². The van der Waals surface area contributed by atoms with Crippen molar-refractivity contribution in [2.45, 2.75) is 11.4 Å². The number of methoxy groups -OCH3 is 1. The van der Waals surface area contributed by atoms with Crippen molar-refractivity contribution in [1.82, 2.24) is 14.3 Å². The maximum absolute atomic E-state index is 13.1. The van der Waals surface area contributed by atoms with Crippen LogP contribution in [0.2, 0.25) is 0 Å². The molecule has 0 aliphatic rings. The molecule has 28 heavy (non-hydrogen) atoms. The second-order valence-electron chi connectivity index (χ2n) is 6.00. The monoisotopic (exact) mass is 398 g/mol. The predicted octanol–water partition coefficient (Wildman–Crippen LogP) is 1.63. The molecule has 9 heteroatoms. The molecule has 0 aliphatic heterocycles. The van der Waals surface area contributed by atoms with Crippen LogP contribution in [-0.2, 0) is 21.3 Å². The molecule has 0 unspecified atom stereocenters. The number of rotatable bonds is 7. The largest absolute Gasteiger partial charge is 0.383 e. The van der Waals surface area contributed by atoms with Gasteiger partial charge in [0.1, 0.15) is 5.82 Å². The number of H-pyrrole nitrogens is 1. The van der Waals surface area contributed by atoms with Gasteiger partial charge in [-0.1, -0.05) is 18.2 Å². The van der Waals surface area contributed by atoms with Crippen LogP contribution in [0, 0.1) is 11.3 Å². The third-order valence-electron chi connectivity index (χ3n) is 4.13. The normalized spacial score (nSPS) is 11.6. The van der Waals surface area contributed by atoms with Crippen molar-refractivity contribution >= 4 is 20.9 Å². The first-order valence-corrected chi connectivity index (χ1v) is 9.87. The zero-order chi connectivity index (χ0) is 20.1. The Morgan fingerprint density at radius 1 is 1.21 bits per heavy atom. The minimum Gasteiger partial charge on any atom is -0.383 e. The first-order chi connectivity index (χ1) is 13.5. The van der Waals surface area contributed by atoms with Gasteiger partial charge in [0.2, 0.25) is 10.0 Å². The Morgan fingerprint density at radius 3 is 2.75 bits per heavy atom. The van der Waals surface area contributed by atoms with Crippen molar-refractivity contribution < 1.29 is 13.2 Å². The van der Waals surface area contributed by atoms with Crippen LogP contribution in [-0.4, -0.2) is 43.0 Å². The van der Waals surface area contributed by atoms with Gasteiger partial charge in [-0.3, -0.25) is 4.79 Å². The summed E-state index contributed by atoms with van der Waals surface area (Å²) in [6.07, 6.45) is 0. The summed E-state index contributed by atoms with van der Waals surface area (Å²) in [5.41, 5.74) is 0.387. The second kappa shape index (κ2) is 8.31. The molecular weight excluding hydrogens is 380 g/mol. The smallest absolute Gasteiger partial charge is 0.258 e. The summed E-state index contributed by atoms with van der Waals surface area (Å²) in [6.45, 7) is 0.0870. The number of hydrogen-bond donors (Lipinski definition) is 1. The quantitative estimate of drug-likeness (QED) is 0.647. The topological polar surface area (TPSA) is 116 Å². The first kappa shape index (κ1) is 19.7. The van der Waals surface area contributed by atoms with Crippen LogP contribution in [0.3, 0.4) is 0 Å². The molecule has 0 atom stereocenters. The number of aromatic nitrogens is 2. The van der Waals surface area contributed by atoms with E-state index in [0.717, 1.165) is 0 Å². The Balaban J connectivity index is 2.00. The molecule has 1 heterocycles. The molecule has 0 bridgehead atoms. The minimum absolute atomic E-state index is 0.00853. The molecule has 3 aromatic rings. The number of aromatic amines is 1. The number of hydrogen-bond acceptors (Lipinski definition) is 6. The first-order valence-electron chi connectivity index (χ1n) is 8.43. The van der Waals surface area contributed by atoms with E-state index in [1.54, 1.807) is 24.3 Å². The van der Waals surface area contributed by atoms with Crippen LogP contribution in [0.15, 0.2) is 58.2 Å². The molecule has 8 nitrogen and oxygen atoms in total. The number of benzene rings is 2. The van der Waals surface area contributed by atoms with Crippen LogP contribution in [0.5, 0.6) is 0 Å². The van der Waals surface area contributed by atoms with Gasteiger partial charge in [-0.15, -0.1) is 0 Å². The van der Waals surface area contributed by atoms with E-state index in [0.29, 0.717) is 10.9 Å². The average Bonchev–Trinajstić information content (AvgIpc) is 2.71. The van der Waals surface area contributed by atoms with Crippen molar-refractivity contribution in [3.05, 3.63) is 70.3 Å². The predicted molar refractivity (Wildman–Crippen MR) is 103 cm³/mol. The molecule has 0 radical (unpaired) electrons. The highest BCUT2D eigenvalue weighted by Crippen LogP contribution is 2.19. The lowest BCUT2D eigenvalue weighted by Gasteiger charge is -2.21. The van der Waals surface area contributed by atoms with Gasteiger partial charge in [0.15, 0.2) is 0 Å². The van der Waals surface area contributed by atoms with E-state index in [9.17, 15) is 13.2 Å². The number of nitriles is 1. The molecule has 0 amide bonds. The summed E-state index contributed by atoms with van der Waals surface area (Å²) in [7, 11) is -2.46. The lowest BCUT2D eigenvalue weighted by Crippen LogP contribution is -2.34. The average molecular weight is 398 g/mol. The van der Waals surface area contributed by atoms with Crippen LogP contribution < -0.4 is 5.56 Å². The molecule has 0 spiro atoms. The number of fused-ring (bicyclic) bond motifs is 1. The SMILES string of the molecule is COCCN(Cc1nc2ccccc2c(=O)[nH]1)S(=O)(=O)c1cccc(C#N)c1. The maximum Gasteiger partial charge on any atom is 0.258 e. The van der Waals surface area contributed by atoms with Gasteiger partial charge in [-0.25, -0.2) is 13.4 Å². The van der Waals surface area contributed by atoms with Gasteiger partial charge >= 0.3 is 0 Å². The highest BCUT2D eigenvalue weighted by atomic mass is 32.2. The van der Waals surface area contributed by atoms with Crippen molar-refractivity contribution in [2.24, 2.45) is 0 Å². The van der Waals surface area contributed by atoms with E-state index in [1.807, 2.05) is 6.07 Å². The Morgan fingerprint density at radius 2 is 2.00 bits per heavy atom. The fourth-order valence-corrected chi connectivity index (χ4v) is 4.16. The summed E-state index contributed by atoms with van der Waals surface area (Å²) in [6, 6.07) is 14.5. The Labute approximate surface area is 162 Å². The Bertz CT molecular complexity index is 1200. The van der Waals surface area contributed by atoms with E-state index >= 15 is 0 Å². The maximum atomic E-state index is 13.1. The lowest BCUT2D eigenvalue weighted by atomic mass is 10.2. The number of sulfonamides is 1. The number of nitrogens with one attached hydrogen (secondary N) is 1. The summed E-state index contributed by atoms with van der Waals surface area (Å²) in [4.78, 5) is 19.3. The number of ether oxygens (including phenoxy) is 1. The summed E-state index contributed by atoms with van der Waals surface area (Å²) >= 11 is 0. The molecule has 144 valence electrons. The third-order valence-corrected chi connectivity index (χ3v) is 5.97.